The molecule has 0 saturated carbocycles. The number of benzene rings is 1. The highest BCUT2D eigenvalue weighted by Crippen LogP contribution is 2.14. The number of carbonyl (C=O) groups is 1. The molecule has 0 bridgehead atoms. The van der Waals surface area contributed by atoms with Crippen LogP contribution in [0.2, 0.25) is 5.02 Å². The van der Waals surface area contributed by atoms with E-state index in [0.717, 1.165) is 9.13 Å². The van der Waals surface area contributed by atoms with Crippen molar-refractivity contribution in [3.8, 4) is 0 Å². The molecule has 1 amide bonds. The van der Waals surface area contributed by atoms with E-state index in [9.17, 15) is 4.79 Å². The Morgan fingerprint density at radius 1 is 1.41 bits per heavy atom. The van der Waals surface area contributed by atoms with Crippen LogP contribution in [0.15, 0.2) is 42.7 Å². The Morgan fingerprint density at radius 3 is 3.00 bits per heavy atom. The Labute approximate surface area is 145 Å². The third-order valence-electron chi connectivity index (χ3n) is 2.94. The number of halogens is 2. The summed E-state index contributed by atoms with van der Waals surface area (Å²) in [6, 6.07) is 9.31. The number of amides is 1. The maximum Gasteiger partial charge on any atom is 0.275 e. The summed E-state index contributed by atoms with van der Waals surface area (Å²) >= 11 is 8.00. The molecule has 3 aromatic rings. The minimum atomic E-state index is -0.269. The van der Waals surface area contributed by atoms with Gasteiger partial charge in [0.25, 0.3) is 5.91 Å². The van der Waals surface area contributed by atoms with Gasteiger partial charge in [0.05, 0.1) is 16.3 Å². The second-order valence-electron chi connectivity index (χ2n) is 4.58. The van der Waals surface area contributed by atoms with Crippen LogP contribution in [0.25, 0.3) is 0 Å². The molecule has 0 aliphatic heterocycles. The summed E-state index contributed by atoms with van der Waals surface area (Å²) in [6.07, 6.45) is 3.39. The molecule has 0 saturated heterocycles. The highest BCUT2D eigenvalue weighted by Gasteiger charge is 2.13. The van der Waals surface area contributed by atoms with Gasteiger partial charge in [-0.3, -0.25) is 14.6 Å². The van der Waals surface area contributed by atoms with Crippen molar-refractivity contribution in [2.45, 2.75) is 6.54 Å². The van der Waals surface area contributed by atoms with Gasteiger partial charge < -0.3 is 5.32 Å². The van der Waals surface area contributed by atoms with E-state index in [1.807, 2.05) is 46.9 Å². The maximum absolute atomic E-state index is 12.1. The van der Waals surface area contributed by atoms with E-state index in [1.165, 1.54) is 0 Å². The summed E-state index contributed by atoms with van der Waals surface area (Å²) in [4.78, 5) is 12.1. The van der Waals surface area contributed by atoms with E-state index in [2.05, 4.69) is 20.6 Å². The molecule has 22 heavy (non-hydrogen) atoms. The Hall–Kier alpha value is -1.87. The number of carbonyl (C=O) groups excluding carboxylic acids is 1. The molecule has 0 radical (unpaired) electrons. The lowest BCUT2D eigenvalue weighted by molar-refractivity contribution is 0.102. The fourth-order valence-electron chi connectivity index (χ4n) is 1.95. The van der Waals surface area contributed by atoms with Gasteiger partial charge in [-0.1, -0.05) is 23.7 Å². The largest absolute Gasteiger partial charge is 0.304 e. The third kappa shape index (κ3) is 3.47. The van der Waals surface area contributed by atoms with Gasteiger partial charge in [0.1, 0.15) is 5.69 Å². The zero-order valence-electron chi connectivity index (χ0n) is 11.3. The smallest absolute Gasteiger partial charge is 0.275 e. The van der Waals surface area contributed by atoms with Gasteiger partial charge in [-0.25, -0.2) is 0 Å². The molecule has 0 aliphatic rings. The van der Waals surface area contributed by atoms with E-state index in [4.69, 9.17) is 11.6 Å². The van der Waals surface area contributed by atoms with Crippen LogP contribution in [0.5, 0.6) is 0 Å². The molecular weight excluding hydrogens is 417 g/mol. The Bertz CT molecular complexity index is 813. The van der Waals surface area contributed by atoms with Gasteiger partial charge in [-0.15, -0.1) is 0 Å². The SMILES string of the molecule is O=C(Nc1ccn(Cc2cccc(Cl)c2)n1)c1[nH]ncc1I. The molecule has 112 valence electrons. The molecule has 0 fully saturated rings. The molecule has 8 heteroatoms. The van der Waals surface area contributed by atoms with Crippen LogP contribution in [0.1, 0.15) is 16.1 Å². The van der Waals surface area contributed by atoms with Gasteiger partial charge in [0, 0.05) is 17.3 Å². The van der Waals surface area contributed by atoms with Crippen LogP contribution in [0.4, 0.5) is 5.82 Å². The topological polar surface area (TPSA) is 75.6 Å². The highest BCUT2D eigenvalue weighted by molar-refractivity contribution is 14.1. The minimum absolute atomic E-state index is 0.269. The van der Waals surface area contributed by atoms with Crippen molar-refractivity contribution in [2.75, 3.05) is 5.32 Å². The Morgan fingerprint density at radius 2 is 2.27 bits per heavy atom. The van der Waals surface area contributed by atoms with Crippen molar-refractivity contribution in [3.63, 3.8) is 0 Å². The molecule has 2 N–H and O–H groups in total. The lowest BCUT2D eigenvalue weighted by Crippen LogP contribution is -2.14. The molecule has 0 spiro atoms. The average Bonchev–Trinajstić information content (AvgIpc) is 3.08. The van der Waals surface area contributed by atoms with E-state index in [-0.39, 0.29) is 5.91 Å². The summed E-state index contributed by atoms with van der Waals surface area (Å²) in [6.45, 7) is 0.581. The number of hydrogen-bond acceptors (Lipinski definition) is 3. The molecule has 0 atom stereocenters. The summed E-state index contributed by atoms with van der Waals surface area (Å²) < 4.78 is 2.49. The Balaban J connectivity index is 1.69. The number of aromatic nitrogens is 4. The van der Waals surface area contributed by atoms with Crippen molar-refractivity contribution in [3.05, 3.63) is 62.6 Å². The summed E-state index contributed by atoms with van der Waals surface area (Å²) in [5, 5.41) is 14.2. The standard InChI is InChI=1S/C14H11ClIN5O/c15-10-3-1-2-9(6-10)8-21-5-4-12(20-21)18-14(22)13-11(16)7-17-19-13/h1-7H,8H2,(H,17,19)(H,18,20,22). The third-order valence-corrected chi connectivity index (χ3v) is 3.99. The average molecular weight is 428 g/mol. The number of anilines is 1. The van der Waals surface area contributed by atoms with Crippen molar-refractivity contribution in [1.29, 1.82) is 0 Å². The zero-order valence-corrected chi connectivity index (χ0v) is 14.2. The summed E-state index contributed by atoms with van der Waals surface area (Å²) in [5.74, 6) is 0.215. The normalized spacial score (nSPS) is 10.6. The predicted molar refractivity (Wildman–Crippen MR) is 92.0 cm³/mol. The van der Waals surface area contributed by atoms with Gasteiger partial charge >= 0.3 is 0 Å². The maximum atomic E-state index is 12.1. The lowest BCUT2D eigenvalue weighted by atomic mass is 10.2. The second-order valence-corrected chi connectivity index (χ2v) is 6.17. The number of hydrogen-bond donors (Lipinski definition) is 2. The highest BCUT2D eigenvalue weighted by atomic mass is 127. The monoisotopic (exact) mass is 427 g/mol. The van der Waals surface area contributed by atoms with Gasteiger partial charge in [0.15, 0.2) is 5.82 Å². The summed E-state index contributed by atoms with van der Waals surface area (Å²) in [7, 11) is 0. The molecule has 1 aromatic carbocycles. The molecule has 0 unspecified atom stereocenters. The summed E-state index contributed by atoms with van der Waals surface area (Å²) in [5.41, 5.74) is 1.46. The first-order valence-electron chi connectivity index (χ1n) is 6.40. The van der Waals surface area contributed by atoms with Crippen molar-refractivity contribution in [2.24, 2.45) is 0 Å². The first kappa shape index (κ1) is 15.0. The lowest BCUT2D eigenvalue weighted by Gasteiger charge is -2.03. The van der Waals surface area contributed by atoms with E-state index < -0.39 is 0 Å². The van der Waals surface area contributed by atoms with Crippen LogP contribution < -0.4 is 5.32 Å². The van der Waals surface area contributed by atoms with Crippen molar-refractivity contribution in [1.82, 2.24) is 20.0 Å². The van der Waals surface area contributed by atoms with Gasteiger partial charge in [-0.2, -0.15) is 10.2 Å². The Kier molecular flexibility index (Phi) is 4.44. The van der Waals surface area contributed by atoms with Crippen LogP contribution >= 0.6 is 34.2 Å². The molecule has 3 rings (SSSR count). The molecule has 2 aromatic heterocycles. The van der Waals surface area contributed by atoms with Crippen LogP contribution in [-0.2, 0) is 6.54 Å². The molecule has 2 heterocycles. The number of nitrogens with zero attached hydrogens (tertiary/aromatic N) is 3. The van der Waals surface area contributed by atoms with Gasteiger partial charge in [0.2, 0.25) is 0 Å². The van der Waals surface area contributed by atoms with Crippen molar-refractivity contribution < 1.29 is 4.79 Å². The molecule has 0 aliphatic carbocycles. The molecule has 6 nitrogen and oxygen atoms in total. The number of aromatic amines is 1. The number of nitrogens with one attached hydrogen (secondary N) is 2. The zero-order chi connectivity index (χ0) is 15.5. The fraction of sp³-hybridized carbons (Fsp3) is 0.0714. The van der Waals surface area contributed by atoms with Crippen LogP contribution in [0.3, 0.4) is 0 Å². The quantitative estimate of drug-likeness (QED) is 0.628. The van der Waals surface area contributed by atoms with Crippen LogP contribution in [0, 0.1) is 3.57 Å². The number of H-pyrrole nitrogens is 1. The second kappa shape index (κ2) is 6.49. The van der Waals surface area contributed by atoms with Crippen LogP contribution in [-0.4, -0.2) is 25.9 Å². The fourth-order valence-corrected chi connectivity index (χ4v) is 2.67. The first-order chi connectivity index (χ1) is 10.6. The van der Waals surface area contributed by atoms with E-state index in [0.29, 0.717) is 23.1 Å². The molecular formula is C14H11ClIN5O. The first-order valence-corrected chi connectivity index (χ1v) is 7.85. The number of rotatable bonds is 4. The van der Waals surface area contributed by atoms with E-state index in [1.54, 1.807) is 23.1 Å². The van der Waals surface area contributed by atoms with Crippen molar-refractivity contribution >= 4 is 45.9 Å². The predicted octanol–water partition coefficient (Wildman–Crippen LogP) is 3.16. The van der Waals surface area contributed by atoms with E-state index >= 15 is 0 Å². The van der Waals surface area contributed by atoms with Gasteiger partial charge in [-0.05, 0) is 40.3 Å². The minimum Gasteiger partial charge on any atom is -0.304 e.